The highest BCUT2D eigenvalue weighted by Gasteiger charge is 1.92. The first-order valence-electron chi connectivity index (χ1n) is 2.91. The summed E-state index contributed by atoms with van der Waals surface area (Å²) in [5.74, 6) is 4.84. The highest BCUT2D eigenvalue weighted by molar-refractivity contribution is 5.19. The van der Waals surface area contributed by atoms with E-state index in [1.54, 1.807) is 0 Å². The third-order valence-electron chi connectivity index (χ3n) is 1.15. The lowest BCUT2D eigenvalue weighted by atomic mass is 10.2. The topological polar surface area (TPSA) is 50.7 Å². The van der Waals surface area contributed by atoms with Crippen molar-refractivity contribution in [2.75, 3.05) is 0 Å². The first-order chi connectivity index (χ1) is 4.43. The van der Waals surface area contributed by atoms with Crippen molar-refractivity contribution < 1.29 is 0 Å². The molecule has 0 saturated heterocycles. The third-order valence-corrected chi connectivity index (χ3v) is 1.15. The van der Waals surface area contributed by atoms with Crippen LogP contribution in [0.4, 0.5) is 0 Å². The number of hydrogen-bond donors (Lipinski definition) is 1. The standard InChI is InChI=1S/C6H9N3/c7-9-8-6-4-2-1-3-5-6/h2,4-5H,1,3H2,(H2,7,8). The Labute approximate surface area is 53.9 Å². The highest BCUT2D eigenvalue weighted by Crippen LogP contribution is 2.09. The second-order valence-electron chi connectivity index (χ2n) is 1.82. The summed E-state index contributed by atoms with van der Waals surface area (Å²) < 4.78 is 0. The van der Waals surface area contributed by atoms with Crippen LogP contribution in [0.5, 0.6) is 0 Å². The molecule has 9 heavy (non-hydrogen) atoms. The quantitative estimate of drug-likeness (QED) is 0.321. The summed E-state index contributed by atoms with van der Waals surface area (Å²) in [6.45, 7) is 0. The smallest absolute Gasteiger partial charge is 0.0831 e. The van der Waals surface area contributed by atoms with Crippen molar-refractivity contribution in [2.24, 2.45) is 16.2 Å². The van der Waals surface area contributed by atoms with Crippen LogP contribution < -0.4 is 5.84 Å². The van der Waals surface area contributed by atoms with E-state index < -0.39 is 0 Å². The first-order valence-corrected chi connectivity index (χ1v) is 2.91. The van der Waals surface area contributed by atoms with Crippen LogP contribution in [0.3, 0.4) is 0 Å². The van der Waals surface area contributed by atoms with Gasteiger partial charge in [-0.05, 0) is 18.9 Å². The molecule has 1 aliphatic rings. The molecule has 0 amide bonds. The lowest BCUT2D eigenvalue weighted by molar-refractivity contribution is 0.963. The van der Waals surface area contributed by atoms with Crippen LogP contribution in [-0.4, -0.2) is 0 Å². The summed E-state index contributed by atoms with van der Waals surface area (Å²) >= 11 is 0. The summed E-state index contributed by atoms with van der Waals surface area (Å²) in [5, 5.41) is 6.83. The molecule has 48 valence electrons. The van der Waals surface area contributed by atoms with E-state index in [1.807, 2.05) is 12.2 Å². The molecule has 0 aromatic heterocycles. The Balaban J connectivity index is 2.58. The fourth-order valence-corrected chi connectivity index (χ4v) is 0.740. The molecule has 1 rings (SSSR count). The van der Waals surface area contributed by atoms with Gasteiger partial charge in [0, 0.05) is 0 Å². The minimum atomic E-state index is 0.865. The van der Waals surface area contributed by atoms with Gasteiger partial charge in [-0.25, -0.2) is 0 Å². The van der Waals surface area contributed by atoms with Gasteiger partial charge in [0.25, 0.3) is 0 Å². The van der Waals surface area contributed by atoms with E-state index >= 15 is 0 Å². The number of nitrogens with two attached hydrogens (primary N) is 1. The average Bonchev–Trinajstić information content (AvgIpc) is 1.91. The second kappa shape index (κ2) is 3.02. The van der Waals surface area contributed by atoms with E-state index in [4.69, 9.17) is 5.84 Å². The van der Waals surface area contributed by atoms with Crippen LogP contribution >= 0.6 is 0 Å². The predicted molar refractivity (Wildman–Crippen MR) is 35.5 cm³/mol. The molecule has 0 heterocycles. The minimum Gasteiger partial charge on any atom is -0.305 e. The monoisotopic (exact) mass is 123 g/mol. The van der Waals surface area contributed by atoms with Gasteiger partial charge in [-0.2, -0.15) is 0 Å². The number of nitrogens with zero attached hydrogens (tertiary/aromatic N) is 2. The summed E-state index contributed by atoms with van der Waals surface area (Å²) in [4.78, 5) is 0. The summed E-state index contributed by atoms with van der Waals surface area (Å²) in [6, 6.07) is 0. The van der Waals surface area contributed by atoms with E-state index in [9.17, 15) is 0 Å². The molecule has 0 aromatic carbocycles. The fraction of sp³-hybridized carbons (Fsp3) is 0.333. The van der Waals surface area contributed by atoms with Crippen LogP contribution in [-0.2, 0) is 0 Å². The number of allylic oxidation sites excluding steroid dienone is 3. The van der Waals surface area contributed by atoms with Gasteiger partial charge in [0.15, 0.2) is 0 Å². The van der Waals surface area contributed by atoms with Gasteiger partial charge >= 0.3 is 0 Å². The van der Waals surface area contributed by atoms with Crippen molar-refractivity contribution in [3.63, 3.8) is 0 Å². The van der Waals surface area contributed by atoms with Crippen LogP contribution in [0.15, 0.2) is 34.3 Å². The van der Waals surface area contributed by atoms with Gasteiger partial charge in [-0.1, -0.05) is 17.4 Å². The molecule has 0 atom stereocenters. The Hall–Kier alpha value is -1.12. The Morgan fingerprint density at radius 1 is 1.44 bits per heavy atom. The fourth-order valence-electron chi connectivity index (χ4n) is 0.740. The SMILES string of the molecule is NN=NC1=CCCC=C1. The van der Waals surface area contributed by atoms with Crippen molar-refractivity contribution in [3.8, 4) is 0 Å². The molecule has 0 fully saturated rings. The van der Waals surface area contributed by atoms with Gasteiger partial charge in [-0.3, -0.25) is 0 Å². The zero-order valence-corrected chi connectivity index (χ0v) is 5.12. The Bertz CT molecular complexity index is 163. The van der Waals surface area contributed by atoms with Crippen molar-refractivity contribution in [1.82, 2.24) is 0 Å². The van der Waals surface area contributed by atoms with Crippen molar-refractivity contribution in [3.05, 3.63) is 23.9 Å². The zero-order chi connectivity index (χ0) is 6.53. The van der Waals surface area contributed by atoms with E-state index in [2.05, 4.69) is 16.4 Å². The van der Waals surface area contributed by atoms with Crippen LogP contribution in [0.25, 0.3) is 0 Å². The Morgan fingerprint density at radius 2 is 2.33 bits per heavy atom. The lowest BCUT2D eigenvalue weighted by Crippen LogP contribution is -1.82. The number of rotatable bonds is 1. The van der Waals surface area contributed by atoms with Gasteiger partial charge in [0.2, 0.25) is 0 Å². The summed E-state index contributed by atoms with van der Waals surface area (Å²) in [6.07, 6.45) is 8.13. The van der Waals surface area contributed by atoms with Gasteiger partial charge < -0.3 is 5.84 Å². The van der Waals surface area contributed by atoms with E-state index in [0.717, 1.165) is 18.5 Å². The minimum absolute atomic E-state index is 0.865. The van der Waals surface area contributed by atoms with Gasteiger partial charge in [0.05, 0.1) is 5.70 Å². The van der Waals surface area contributed by atoms with E-state index in [0.29, 0.717) is 0 Å². The maximum absolute atomic E-state index is 4.84. The summed E-state index contributed by atoms with van der Waals surface area (Å²) in [7, 11) is 0. The molecule has 0 saturated carbocycles. The molecule has 3 nitrogen and oxygen atoms in total. The normalized spacial score (nSPS) is 18.4. The molecule has 0 radical (unpaired) electrons. The molecule has 0 bridgehead atoms. The molecular formula is C6H9N3. The molecule has 0 aliphatic heterocycles. The van der Waals surface area contributed by atoms with Crippen LogP contribution in [0.1, 0.15) is 12.8 Å². The molecular weight excluding hydrogens is 114 g/mol. The lowest BCUT2D eigenvalue weighted by Gasteiger charge is -1.96. The van der Waals surface area contributed by atoms with Gasteiger partial charge in [-0.15, -0.1) is 5.11 Å². The number of hydrogen-bond acceptors (Lipinski definition) is 2. The van der Waals surface area contributed by atoms with Crippen molar-refractivity contribution in [1.29, 1.82) is 0 Å². The van der Waals surface area contributed by atoms with E-state index in [-0.39, 0.29) is 0 Å². The molecule has 0 spiro atoms. The largest absolute Gasteiger partial charge is 0.305 e. The highest BCUT2D eigenvalue weighted by atomic mass is 15.3. The average molecular weight is 123 g/mol. The summed E-state index contributed by atoms with van der Waals surface area (Å²) in [5.41, 5.74) is 0.865. The van der Waals surface area contributed by atoms with Crippen molar-refractivity contribution >= 4 is 0 Å². The predicted octanol–water partition coefficient (Wildman–Crippen LogP) is 1.55. The Kier molecular flexibility index (Phi) is 2.01. The van der Waals surface area contributed by atoms with Gasteiger partial charge in [0.1, 0.15) is 0 Å². The molecule has 1 aliphatic carbocycles. The van der Waals surface area contributed by atoms with Crippen molar-refractivity contribution in [2.45, 2.75) is 12.8 Å². The molecule has 0 aromatic rings. The van der Waals surface area contributed by atoms with Crippen LogP contribution in [0, 0.1) is 0 Å². The molecule has 2 N–H and O–H groups in total. The molecule has 3 heteroatoms. The third kappa shape index (κ3) is 1.68. The molecule has 0 unspecified atom stereocenters. The first kappa shape index (κ1) is 6.01. The second-order valence-corrected chi connectivity index (χ2v) is 1.82. The zero-order valence-electron chi connectivity index (χ0n) is 5.12. The Morgan fingerprint density at radius 3 is 2.89 bits per heavy atom. The van der Waals surface area contributed by atoms with Crippen LogP contribution in [0.2, 0.25) is 0 Å². The van der Waals surface area contributed by atoms with E-state index in [1.165, 1.54) is 0 Å². The maximum Gasteiger partial charge on any atom is 0.0831 e. The maximum atomic E-state index is 4.84.